The third kappa shape index (κ3) is 4.75. The number of ether oxygens (including phenoxy) is 1. The molecule has 4 aromatic rings. The molecule has 1 N–H and O–H groups in total. The fourth-order valence-corrected chi connectivity index (χ4v) is 6.28. The lowest BCUT2D eigenvalue weighted by Crippen LogP contribution is -2.74. The van der Waals surface area contributed by atoms with Gasteiger partial charge in [-0.25, -0.2) is 0 Å². The van der Waals surface area contributed by atoms with Crippen LogP contribution in [0.2, 0.25) is 0 Å². The Labute approximate surface area is 238 Å². The molecule has 0 amide bonds. The van der Waals surface area contributed by atoms with Crippen LogP contribution in [0.5, 0.6) is 0 Å². The minimum absolute atomic E-state index is 0.161. The van der Waals surface area contributed by atoms with Crippen LogP contribution in [0.3, 0.4) is 0 Å². The van der Waals surface area contributed by atoms with Gasteiger partial charge in [0.25, 0.3) is 0 Å². The molecule has 0 unspecified atom stereocenters. The zero-order valence-electron chi connectivity index (χ0n) is 21.7. The quantitative estimate of drug-likeness (QED) is 0.169. The molecular formula is C34H31BrN2O2. The summed E-state index contributed by atoms with van der Waals surface area (Å²) in [6.07, 6.45) is 1.78. The molecule has 0 aliphatic carbocycles. The molecule has 0 aromatic heterocycles. The van der Waals surface area contributed by atoms with Crippen molar-refractivity contribution in [3.8, 4) is 6.07 Å². The van der Waals surface area contributed by atoms with E-state index in [0.29, 0.717) is 13.2 Å². The molecule has 0 saturated carbocycles. The van der Waals surface area contributed by atoms with E-state index in [4.69, 9.17) is 4.74 Å². The molecule has 39 heavy (non-hydrogen) atoms. The molecule has 1 fully saturated rings. The van der Waals surface area contributed by atoms with Crippen molar-refractivity contribution in [2.75, 3.05) is 19.8 Å². The lowest BCUT2D eigenvalue weighted by Gasteiger charge is -2.60. The Morgan fingerprint density at radius 1 is 0.872 bits per heavy atom. The van der Waals surface area contributed by atoms with Gasteiger partial charge in [0.2, 0.25) is 0 Å². The van der Waals surface area contributed by atoms with Crippen LogP contribution in [-0.4, -0.2) is 41.3 Å². The van der Waals surface area contributed by atoms with E-state index in [1.807, 2.05) is 83.8 Å². The first-order valence-electron chi connectivity index (χ1n) is 13.1. The standard InChI is InChI=1S/C34H31BrN2O2/c1-2-22-37-31(32(33(37,24-36)25-38)26-18-20-30(35)21-19-26)23-39-34(27-12-6-3-7-13-27,28-14-8-4-9-15-28)29-16-10-5-11-17-29/h2-21,31-32,38H,1,22-23,25H2/t31-,32+,33+/m0/s1. The van der Waals surface area contributed by atoms with Gasteiger partial charge in [0.05, 0.1) is 19.3 Å². The van der Waals surface area contributed by atoms with Crippen LogP contribution in [-0.2, 0) is 10.3 Å². The van der Waals surface area contributed by atoms with Gasteiger partial charge in [0.1, 0.15) is 11.1 Å². The van der Waals surface area contributed by atoms with E-state index >= 15 is 0 Å². The highest BCUT2D eigenvalue weighted by atomic mass is 79.9. The number of nitrogens with zero attached hydrogens (tertiary/aromatic N) is 2. The van der Waals surface area contributed by atoms with Crippen molar-refractivity contribution in [3.05, 3.63) is 155 Å². The van der Waals surface area contributed by atoms with Crippen LogP contribution < -0.4 is 0 Å². The highest BCUT2D eigenvalue weighted by molar-refractivity contribution is 9.10. The summed E-state index contributed by atoms with van der Waals surface area (Å²) in [5.41, 5.74) is 2.11. The fraction of sp³-hybridized carbons (Fsp3) is 0.206. The average Bonchev–Trinajstić information content (AvgIpc) is 3.00. The maximum absolute atomic E-state index is 10.6. The predicted molar refractivity (Wildman–Crippen MR) is 158 cm³/mol. The van der Waals surface area contributed by atoms with Crippen molar-refractivity contribution >= 4 is 15.9 Å². The molecule has 0 spiro atoms. The van der Waals surface area contributed by atoms with Gasteiger partial charge in [-0.3, -0.25) is 4.90 Å². The highest BCUT2D eigenvalue weighted by Gasteiger charge is 2.61. The van der Waals surface area contributed by atoms with E-state index in [-0.39, 0.29) is 18.6 Å². The van der Waals surface area contributed by atoms with E-state index in [2.05, 4.69) is 65.0 Å². The minimum atomic E-state index is -1.06. The summed E-state index contributed by atoms with van der Waals surface area (Å²) < 4.78 is 8.11. The van der Waals surface area contributed by atoms with Crippen LogP contribution >= 0.6 is 15.9 Å². The first-order chi connectivity index (χ1) is 19.1. The topological polar surface area (TPSA) is 56.5 Å². The van der Waals surface area contributed by atoms with Crippen molar-refractivity contribution < 1.29 is 9.84 Å². The zero-order chi connectivity index (χ0) is 27.3. The maximum Gasteiger partial charge on any atom is 0.143 e. The normalized spacial score (nSPS) is 21.1. The third-order valence-corrected chi connectivity index (χ3v) is 8.34. The Morgan fingerprint density at radius 2 is 1.36 bits per heavy atom. The molecule has 1 saturated heterocycles. The Hall–Kier alpha value is -3.53. The monoisotopic (exact) mass is 578 g/mol. The van der Waals surface area contributed by atoms with E-state index in [0.717, 1.165) is 26.7 Å². The van der Waals surface area contributed by atoms with Gasteiger partial charge in [-0.1, -0.05) is 125 Å². The van der Waals surface area contributed by atoms with Gasteiger partial charge in [-0.05, 0) is 34.4 Å². The molecule has 1 aliphatic rings. The summed E-state index contributed by atoms with van der Waals surface area (Å²) in [6.45, 7) is 4.44. The lowest BCUT2D eigenvalue weighted by molar-refractivity contribution is -0.131. The van der Waals surface area contributed by atoms with Gasteiger partial charge >= 0.3 is 0 Å². The van der Waals surface area contributed by atoms with Gasteiger partial charge in [-0.15, -0.1) is 6.58 Å². The molecule has 1 aliphatic heterocycles. The number of hydrogen-bond donors (Lipinski definition) is 1. The molecule has 3 atom stereocenters. The number of benzene rings is 4. The number of nitriles is 1. The van der Waals surface area contributed by atoms with Gasteiger partial charge < -0.3 is 9.84 Å². The number of aliphatic hydroxyl groups excluding tert-OH is 1. The first-order valence-corrected chi connectivity index (χ1v) is 13.9. The molecule has 4 aromatic carbocycles. The summed E-state index contributed by atoms with van der Waals surface area (Å²) in [5.74, 6) is -0.249. The van der Waals surface area contributed by atoms with Crippen LogP contribution in [0.25, 0.3) is 0 Å². The number of rotatable bonds is 10. The summed E-state index contributed by atoms with van der Waals surface area (Å²) in [5, 5.41) is 20.9. The van der Waals surface area contributed by atoms with E-state index in [1.54, 1.807) is 6.08 Å². The zero-order valence-corrected chi connectivity index (χ0v) is 23.2. The van der Waals surface area contributed by atoms with Gasteiger partial charge in [0, 0.05) is 23.0 Å². The smallest absolute Gasteiger partial charge is 0.143 e. The van der Waals surface area contributed by atoms with Crippen LogP contribution in [0.4, 0.5) is 0 Å². The first kappa shape index (κ1) is 27.1. The Bertz CT molecular complexity index is 1320. The van der Waals surface area contributed by atoms with Crippen molar-refractivity contribution in [2.24, 2.45) is 0 Å². The minimum Gasteiger partial charge on any atom is -0.393 e. The molecule has 5 heteroatoms. The highest BCUT2D eigenvalue weighted by Crippen LogP contribution is 2.50. The SMILES string of the molecule is C=CCN1[C@@H](COC(c2ccccc2)(c2ccccc2)c2ccccc2)[C@@H](c2ccc(Br)cc2)[C@@]1(C#N)CO. The molecule has 1 heterocycles. The second-order valence-electron chi connectivity index (χ2n) is 9.82. The average molecular weight is 580 g/mol. The summed E-state index contributed by atoms with van der Waals surface area (Å²) >= 11 is 3.52. The molecule has 4 nitrogen and oxygen atoms in total. The Morgan fingerprint density at radius 3 is 1.77 bits per heavy atom. The number of hydrogen-bond acceptors (Lipinski definition) is 4. The van der Waals surface area contributed by atoms with Gasteiger partial charge in [0.15, 0.2) is 0 Å². The van der Waals surface area contributed by atoms with Crippen molar-refractivity contribution in [1.82, 2.24) is 4.90 Å². The fourth-order valence-electron chi connectivity index (χ4n) is 6.02. The summed E-state index contributed by atoms with van der Waals surface area (Å²) in [7, 11) is 0. The Balaban J connectivity index is 1.62. The molecule has 196 valence electrons. The number of likely N-dealkylation sites (tertiary alicyclic amines) is 1. The predicted octanol–water partition coefficient (Wildman–Crippen LogP) is 6.67. The van der Waals surface area contributed by atoms with Crippen molar-refractivity contribution in [3.63, 3.8) is 0 Å². The molecule has 0 radical (unpaired) electrons. The summed E-state index contributed by atoms with van der Waals surface area (Å²) in [4.78, 5) is 2.03. The largest absolute Gasteiger partial charge is 0.393 e. The number of aliphatic hydroxyl groups is 1. The van der Waals surface area contributed by atoms with Crippen molar-refractivity contribution in [2.45, 2.75) is 23.1 Å². The van der Waals surface area contributed by atoms with Crippen LogP contribution in [0.15, 0.2) is 132 Å². The van der Waals surface area contributed by atoms with E-state index in [1.165, 1.54) is 0 Å². The number of halogens is 1. The van der Waals surface area contributed by atoms with E-state index < -0.39 is 11.1 Å². The third-order valence-electron chi connectivity index (χ3n) is 7.81. The Kier molecular flexibility index (Phi) is 8.11. The molecule has 5 rings (SSSR count). The summed E-state index contributed by atoms with van der Waals surface area (Å²) in [6, 6.07) is 41.1. The second kappa shape index (κ2) is 11.7. The van der Waals surface area contributed by atoms with E-state index in [9.17, 15) is 10.4 Å². The maximum atomic E-state index is 10.6. The molecule has 0 bridgehead atoms. The van der Waals surface area contributed by atoms with Crippen LogP contribution in [0, 0.1) is 11.3 Å². The van der Waals surface area contributed by atoms with Gasteiger partial charge in [-0.2, -0.15) is 5.26 Å². The lowest BCUT2D eigenvalue weighted by atomic mass is 9.65. The second-order valence-corrected chi connectivity index (χ2v) is 10.7. The van der Waals surface area contributed by atoms with Crippen LogP contribution in [0.1, 0.15) is 28.2 Å². The molecular weight excluding hydrogens is 548 g/mol. The van der Waals surface area contributed by atoms with Crippen molar-refractivity contribution in [1.29, 1.82) is 5.26 Å².